The van der Waals surface area contributed by atoms with Crippen LogP contribution in [0.5, 0.6) is 5.75 Å². The van der Waals surface area contributed by atoms with E-state index < -0.39 is 16.1 Å². The second kappa shape index (κ2) is 13.7. The largest absolute Gasteiger partial charge is 0.490 e. The number of carbonyl (C=O) groups is 1. The number of fused-ring (bicyclic) bond motifs is 1. The Morgan fingerprint density at radius 2 is 1.62 bits per heavy atom. The number of likely N-dealkylation sites (tertiary alicyclic amines) is 1. The van der Waals surface area contributed by atoms with Gasteiger partial charge in [-0.2, -0.15) is 8.42 Å². The van der Waals surface area contributed by atoms with Crippen molar-refractivity contribution in [2.75, 3.05) is 17.4 Å². The SMILES string of the molecule is CC(=N)N1CCC(Oc2ccc(N(Cc3ccc4ccc(C(=N)N)cc4c3)S(=O)(=O)NC(C)=O)cc2)CC1.Cl.Cl. The van der Waals surface area contributed by atoms with Gasteiger partial charge in [-0.3, -0.25) is 15.6 Å². The van der Waals surface area contributed by atoms with Crippen LogP contribution in [0.3, 0.4) is 0 Å². The average molecular weight is 610 g/mol. The first-order valence-corrected chi connectivity index (χ1v) is 13.7. The highest BCUT2D eigenvalue weighted by molar-refractivity contribution is 7.91. The molecule has 40 heavy (non-hydrogen) atoms. The Morgan fingerprint density at radius 3 is 2.20 bits per heavy atom. The fraction of sp³-hybridized carbons (Fsp3) is 0.296. The molecule has 13 heteroatoms. The lowest BCUT2D eigenvalue weighted by Crippen LogP contribution is -2.42. The third-order valence-corrected chi connectivity index (χ3v) is 7.91. The molecule has 0 saturated carbocycles. The second-order valence-electron chi connectivity index (χ2n) is 9.36. The van der Waals surface area contributed by atoms with E-state index in [0.29, 0.717) is 28.4 Å². The van der Waals surface area contributed by atoms with Gasteiger partial charge in [0.15, 0.2) is 0 Å². The van der Waals surface area contributed by atoms with Crippen molar-refractivity contribution in [3.63, 3.8) is 0 Å². The van der Waals surface area contributed by atoms with E-state index in [4.69, 9.17) is 21.3 Å². The number of nitrogens with one attached hydrogen (secondary N) is 3. The van der Waals surface area contributed by atoms with Crippen molar-refractivity contribution >= 4 is 69.1 Å². The lowest BCUT2D eigenvalue weighted by molar-refractivity contribution is -0.117. The summed E-state index contributed by atoms with van der Waals surface area (Å²) in [6.07, 6.45) is 1.62. The Bertz CT molecular complexity index is 1480. The van der Waals surface area contributed by atoms with Gasteiger partial charge < -0.3 is 15.4 Å². The molecule has 5 N–H and O–H groups in total. The van der Waals surface area contributed by atoms with Crippen LogP contribution in [-0.2, 0) is 21.5 Å². The molecule has 10 nitrogen and oxygen atoms in total. The third kappa shape index (κ3) is 8.00. The van der Waals surface area contributed by atoms with E-state index in [1.54, 1.807) is 43.3 Å². The van der Waals surface area contributed by atoms with Gasteiger partial charge in [-0.15, -0.1) is 24.8 Å². The normalized spacial score (nSPS) is 13.5. The summed E-state index contributed by atoms with van der Waals surface area (Å²) in [5.74, 6) is 0.438. The molecule has 0 unspecified atom stereocenters. The van der Waals surface area contributed by atoms with Crippen LogP contribution in [0, 0.1) is 10.8 Å². The highest BCUT2D eigenvalue weighted by Crippen LogP contribution is 2.27. The predicted molar refractivity (Wildman–Crippen MR) is 163 cm³/mol. The molecule has 0 radical (unpaired) electrons. The molecule has 3 aromatic carbocycles. The van der Waals surface area contributed by atoms with Crippen LogP contribution in [0.25, 0.3) is 10.8 Å². The molecule has 4 rings (SSSR count). The van der Waals surface area contributed by atoms with Crippen molar-refractivity contribution in [2.24, 2.45) is 5.73 Å². The molecule has 1 aliphatic heterocycles. The van der Waals surface area contributed by atoms with Gasteiger partial charge >= 0.3 is 10.2 Å². The number of piperidine rings is 1. The van der Waals surface area contributed by atoms with Gasteiger partial charge in [-0.05, 0) is 59.7 Å². The number of nitrogens with zero attached hydrogens (tertiary/aromatic N) is 2. The van der Waals surface area contributed by atoms with Gasteiger partial charge in [-0.25, -0.2) is 9.03 Å². The lowest BCUT2D eigenvalue weighted by Gasteiger charge is -2.33. The molecule has 0 spiro atoms. The van der Waals surface area contributed by atoms with Crippen LogP contribution in [0.15, 0.2) is 60.7 Å². The second-order valence-corrected chi connectivity index (χ2v) is 11.0. The van der Waals surface area contributed by atoms with Gasteiger partial charge in [-0.1, -0.05) is 24.3 Å². The highest BCUT2D eigenvalue weighted by atomic mass is 35.5. The zero-order valence-electron chi connectivity index (χ0n) is 22.2. The molecule has 1 aliphatic rings. The van der Waals surface area contributed by atoms with Crippen LogP contribution in [-0.4, -0.2) is 50.1 Å². The molecule has 1 fully saturated rings. The molecular weight excluding hydrogens is 575 g/mol. The number of hydrogen-bond donors (Lipinski definition) is 4. The molecule has 0 atom stereocenters. The van der Waals surface area contributed by atoms with Crippen molar-refractivity contribution < 1.29 is 17.9 Å². The van der Waals surface area contributed by atoms with E-state index in [9.17, 15) is 13.2 Å². The lowest BCUT2D eigenvalue weighted by atomic mass is 10.0. The number of rotatable bonds is 8. The van der Waals surface area contributed by atoms with Crippen LogP contribution in [0.4, 0.5) is 5.69 Å². The first kappa shape index (κ1) is 32.7. The van der Waals surface area contributed by atoms with Gasteiger partial charge in [0, 0.05) is 38.4 Å². The summed E-state index contributed by atoms with van der Waals surface area (Å²) in [4.78, 5) is 13.7. The number of amides is 1. The van der Waals surface area contributed by atoms with E-state index in [1.807, 2.05) is 29.2 Å². The molecule has 3 aromatic rings. The summed E-state index contributed by atoms with van der Waals surface area (Å²) in [5.41, 5.74) is 7.27. The minimum Gasteiger partial charge on any atom is -0.490 e. The summed E-state index contributed by atoms with van der Waals surface area (Å²) >= 11 is 0. The first-order valence-electron chi connectivity index (χ1n) is 12.3. The fourth-order valence-corrected chi connectivity index (χ4v) is 5.66. The third-order valence-electron chi connectivity index (χ3n) is 6.45. The number of carbonyl (C=O) groups excluding carboxylic acids is 1. The number of nitrogen functional groups attached to an aromatic ring is 1. The number of halogens is 2. The number of hydrogen-bond acceptors (Lipinski definition) is 6. The zero-order chi connectivity index (χ0) is 27.4. The number of amidine groups is 2. The topological polar surface area (TPSA) is 153 Å². The van der Waals surface area contributed by atoms with Crippen LogP contribution in [0.2, 0.25) is 0 Å². The molecule has 216 valence electrons. The Balaban J connectivity index is 0.00000280. The maximum Gasteiger partial charge on any atom is 0.326 e. The smallest absolute Gasteiger partial charge is 0.326 e. The summed E-state index contributed by atoms with van der Waals surface area (Å²) in [6, 6.07) is 17.7. The number of ether oxygens (including phenoxy) is 1. The first-order chi connectivity index (χ1) is 18.0. The number of benzene rings is 3. The summed E-state index contributed by atoms with van der Waals surface area (Å²) in [7, 11) is -4.19. The van der Waals surface area contributed by atoms with Crippen LogP contribution in [0.1, 0.15) is 37.8 Å². The average Bonchev–Trinajstić information content (AvgIpc) is 2.87. The van der Waals surface area contributed by atoms with Crippen molar-refractivity contribution in [3.8, 4) is 5.75 Å². The predicted octanol–water partition coefficient (Wildman–Crippen LogP) is 4.20. The summed E-state index contributed by atoms with van der Waals surface area (Å²) in [6.45, 7) is 4.44. The quantitative estimate of drug-likeness (QED) is 0.222. The fourth-order valence-electron chi connectivity index (χ4n) is 4.47. The Labute approximate surface area is 246 Å². The van der Waals surface area contributed by atoms with Crippen molar-refractivity contribution in [1.82, 2.24) is 9.62 Å². The Morgan fingerprint density at radius 1 is 1.00 bits per heavy atom. The molecule has 0 aliphatic carbocycles. The standard InChI is InChI=1S/C27H32N6O4S.2ClH/c1-18(28)32-13-11-26(12-14-32)37-25-9-7-24(8-10-25)33(38(35,36)31-19(2)34)17-20-3-4-21-5-6-22(27(29)30)16-23(21)15-20;;/h3-10,15-16,26,28H,11-14,17H2,1-2H3,(H3,29,30)(H,31,34);2*1H. The van der Waals surface area contributed by atoms with E-state index >= 15 is 0 Å². The highest BCUT2D eigenvalue weighted by Gasteiger charge is 2.25. The molecule has 0 aromatic heterocycles. The molecule has 1 amide bonds. The van der Waals surface area contributed by atoms with Crippen molar-refractivity contribution in [1.29, 1.82) is 10.8 Å². The molecule has 0 bridgehead atoms. The number of nitrogens with two attached hydrogens (primary N) is 1. The van der Waals surface area contributed by atoms with Crippen molar-refractivity contribution in [3.05, 3.63) is 71.8 Å². The molecule has 1 saturated heterocycles. The van der Waals surface area contributed by atoms with E-state index in [1.165, 1.54) is 0 Å². The molecule has 1 heterocycles. The molecular formula is C27H34Cl2N6O4S. The summed E-state index contributed by atoms with van der Waals surface area (Å²) in [5, 5.41) is 17.2. The van der Waals surface area contributed by atoms with Gasteiger partial charge in [0.25, 0.3) is 0 Å². The van der Waals surface area contributed by atoms with Crippen molar-refractivity contribution in [2.45, 2.75) is 39.3 Å². The minimum absolute atomic E-state index is 0. The zero-order valence-corrected chi connectivity index (χ0v) is 24.7. The minimum atomic E-state index is -4.19. The van der Waals surface area contributed by atoms with Crippen LogP contribution >= 0.6 is 24.8 Å². The Kier molecular flexibility index (Phi) is 11.2. The summed E-state index contributed by atoms with van der Waals surface area (Å²) < 4.78 is 35.6. The monoisotopic (exact) mass is 608 g/mol. The maximum atomic E-state index is 13.1. The van der Waals surface area contributed by atoms with Crippen LogP contribution < -0.4 is 19.5 Å². The Hall–Kier alpha value is -3.54. The van der Waals surface area contributed by atoms with Gasteiger partial charge in [0.1, 0.15) is 17.7 Å². The van der Waals surface area contributed by atoms with Gasteiger partial charge in [0.05, 0.1) is 18.1 Å². The van der Waals surface area contributed by atoms with E-state index in [0.717, 1.165) is 47.9 Å². The number of anilines is 1. The van der Waals surface area contributed by atoms with E-state index in [-0.39, 0.29) is 43.3 Å². The maximum absolute atomic E-state index is 13.1. The van der Waals surface area contributed by atoms with E-state index in [2.05, 4.69) is 4.72 Å². The van der Waals surface area contributed by atoms with Gasteiger partial charge in [0.2, 0.25) is 5.91 Å².